The van der Waals surface area contributed by atoms with E-state index in [-0.39, 0.29) is 0 Å². The number of thiophene rings is 1. The van der Waals surface area contributed by atoms with Gasteiger partial charge >= 0.3 is 0 Å². The zero-order valence-electron chi connectivity index (χ0n) is 32.0. The normalized spacial score (nSPS) is 11.4. The molecular formula is C55H36N2S2. The summed E-state index contributed by atoms with van der Waals surface area (Å²) in [5.41, 5.74) is 15.1. The Hall–Kier alpha value is -7.11. The van der Waals surface area contributed by atoms with Gasteiger partial charge in [-0.25, -0.2) is 4.98 Å². The first-order valence-electron chi connectivity index (χ1n) is 19.9. The van der Waals surface area contributed by atoms with E-state index in [9.17, 15) is 0 Å². The summed E-state index contributed by atoms with van der Waals surface area (Å²) in [6.07, 6.45) is 0. The number of nitrogens with zero attached hydrogens (tertiary/aromatic N) is 2. The number of aromatic nitrogens is 1. The second-order valence-electron chi connectivity index (χ2n) is 14.7. The summed E-state index contributed by atoms with van der Waals surface area (Å²) < 4.78 is 3.81. The molecule has 0 bridgehead atoms. The van der Waals surface area contributed by atoms with E-state index in [4.69, 9.17) is 4.98 Å². The Morgan fingerprint density at radius 1 is 0.322 bits per heavy atom. The van der Waals surface area contributed by atoms with Crippen molar-refractivity contribution in [3.05, 3.63) is 218 Å². The number of fused-ring (bicyclic) bond motifs is 4. The maximum Gasteiger partial charge on any atom is 0.124 e. The molecule has 0 spiro atoms. The summed E-state index contributed by atoms with van der Waals surface area (Å²) in [6, 6.07) is 78.6. The number of anilines is 3. The van der Waals surface area contributed by atoms with E-state index in [2.05, 4.69) is 223 Å². The summed E-state index contributed by atoms with van der Waals surface area (Å²) in [7, 11) is 0. The fourth-order valence-corrected chi connectivity index (χ4v) is 10.6. The molecule has 0 fully saturated rings. The van der Waals surface area contributed by atoms with E-state index in [1.54, 1.807) is 11.3 Å². The van der Waals surface area contributed by atoms with Gasteiger partial charge in [0.2, 0.25) is 0 Å². The second kappa shape index (κ2) is 15.0. The largest absolute Gasteiger partial charge is 0.311 e. The lowest BCUT2D eigenvalue weighted by Crippen LogP contribution is -2.09. The van der Waals surface area contributed by atoms with Gasteiger partial charge in [-0.05, 0) is 87.5 Å². The third-order valence-corrected chi connectivity index (χ3v) is 13.5. The van der Waals surface area contributed by atoms with Gasteiger partial charge in [-0.1, -0.05) is 170 Å². The van der Waals surface area contributed by atoms with Crippen molar-refractivity contribution in [2.45, 2.75) is 0 Å². The van der Waals surface area contributed by atoms with Crippen molar-refractivity contribution in [1.29, 1.82) is 0 Å². The Morgan fingerprint density at radius 3 is 1.24 bits per heavy atom. The number of thiazole rings is 1. The average Bonchev–Trinajstić information content (AvgIpc) is 3.92. The molecule has 2 heterocycles. The minimum atomic E-state index is 1.04. The third kappa shape index (κ3) is 6.59. The lowest BCUT2D eigenvalue weighted by molar-refractivity contribution is 1.28. The van der Waals surface area contributed by atoms with Crippen LogP contribution in [-0.4, -0.2) is 4.98 Å². The molecule has 9 aromatic carbocycles. The number of hydrogen-bond donors (Lipinski definition) is 0. The van der Waals surface area contributed by atoms with Gasteiger partial charge in [-0.15, -0.1) is 22.7 Å². The SMILES string of the molecule is c1ccc(-c2ccc(-c3ccc(N(c4ccc(-c5ccccc5)cc4)c4ccc(-c5c6sc(-c7ccccc7)nc6cc6c5sc5ccccc56)cc4)cc3)cc2)cc1. The van der Waals surface area contributed by atoms with Gasteiger partial charge < -0.3 is 4.90 Å². The first-order chi connectivity index (χ1) is 29.2. The van der Waals surface area contributed by atoms with Crippen molar-refractivity contribution < 1.29 is 0 Å². The summed E-state index contributed by atoms with van der Waals surface area (Å²) in [6.45, 7) is 0. The van der Waals surface area contributed by atoms with Gasteiger partial charge in [-0.3, -0.25) is 0 Å². The molecule has 2 nitrogen and oxygen atoms in total. The Morgan fingerprint density at radius 2 is 0.729 bits per heavy atom. The van der Waals surface area contributed by atoms with E-state index in [0.29, 0.717) is 0 Å². The molecule has 11 aromatic rings. The van der Waals surface area contributed by atoms with Crippen LogP contribution in [0.4, 0.5) is 17.1 Å². The van der Waals surface area contributed by atoms with Gasteiger partial charge in [0, 0.05) is 48.4 Å². The van der Waals surface area contributed by atoms with Crippen LogP contribution in [0.2, 0.25) is 0 Å². The van der Waals surface area contributed by atoms with Crippen molar-refractivity contribution in [3.63, 3.8) is 0 Å². The summed E-state index contributed by atoms with van der Waals surface area (Å²) in [4.78, 5) is 7.58. The Bertz CT molecular complexity index is 3210. The van der Waals surface area contributed by atoms with Gasteiger partial charge in [0.15, 0.2) is 0 Å². The predicted octanol–water partition coefficient (Wildman–Crippen LogP) is 16.5. The molecule has 278 valence electrons. The van der Waals surface area contributed by atoms with Crippen LogP contribution in [0.3, 0.4) is 0 Å². The molecule has 11 rings (SSSR count). The molecule has 0 radical (unpaired) electrons. The van der Waals surface area contributed by atoms with Gasteiger partial charge in [0.1, 0.15) is 5.01 Å². The standard InChI is InChI=1S/C55H36N2S2/c1-4-12-37(13-5-1)39-20-22-40(23-21-39)42-26-32-46(33-27-42)57(45-30-24-41(25-31-45)38-14-6-2-7-15-38)47-34-28-43(29-35-47)52-53-49(48-18-10-11-19-51(48)58-53)36-50-54(52)59-55(56-50)44-16-8-3-9-17-44/h1-36H. The van der Waals surface area contributed by atoms with Crippen LogP contribution in [0.15, 0.2) is 218 Å². The van der Waals surface area contributed by atoms with Crippen LogP contribution in [0.5, 0.6) is 0 Å². The van der Waals surface area contributed by atoms with Crippen LogP contribution in [0.1, 0.15) is 0 Å². The minimum Gasteiger partial charge on any atom is -0.311 e. The smallest absolute Gasteiger partial charge is 0.124 e. The fraction of sp³-hybridized carbons (Fsp3) is 0. The van der Waals surface area contributed by atoms with Gasteiger partial charge in [0.05, 0.1) is 10.2 Å². The first-order valence-corrected chi connectivity index (χ1v) is 21.5. The second-order valence-corrected chi connectivity index (χ2v) is 16.8. The molecule has 0 saturated heterocycles. The molecule has 0 saturated carbocycles. The Kier molecular flexibility index (Phi) is 8.92. The van der Waals surface area contributed by atoms with Crippen LogP contribution >= 0.6 is 22.7 Å². The quantitative estimate of drug-likeness (QED) is 0.152. The van der Waals surface area contributed by atoms with Crippen LogP contribution < -0.4 is 4.90 Å². The fourth-order valence-electron chi connectivity index (χ4n) is 8.16. The predicted molar refractivity (Wildman–Crippen MR) is 254 cm³/mol. The van der Waals surface area contributed by atoms with Crippen molar-refractivity contribution in [2.75, 3.05) is 4.90 Å². The molecule has 0 aliphatic rings. The van der Waals surface area contributed by atoms with Crippen molar-refractivity contribution in [1.82, 2.24) is 4.98 Å². The lowest BCUT2D eigenvalue weighted by Gasteiger charge is -2.26. The monoisotopic (exact) mass is 788 g/mol. The first kappa shape index (κ1) is 35.1. The van der Waals surface area contributed by atoms with Gasteiger partial charge in [-0.2, -0.15) is 0 Å². The average molecular weight is 789 g/mol. The topological polar surface area (TPSA) is 16.1 Å². The van der Waals surface area contributed by atoms with Crippen molar-refractivity contribution in [3.8, 4) is 55.1 Å². The maximum absolute atomic E-state index is 5.22. The molecule has 0 amide bonds. The van der Waals surface area contributed by atoms with E-state index in [1.807, 2.05) is 11.3 Å². The molecule has 0 aliphatic heterocycles. The van der Waals surface area contributed by atoms with Crippen molar-refractivity contribution >= 4 is 70.1 Å². The summed E-state index contributed by atoms with van der Waals surface area (Å²) in [5.74, 6) is 0. The van der Waals surface area contributed by atoms with Crippen LogP contribution in [-0.2, 0) is 0 Å². The van der Waals surface area contributed by atoms with E-state index in [0.717, 1.165) is 33.1 Å². The molecule has 2 aromatic heterocycles. The van der Waals surface area contributed by atoms with Crippen LogP contribution in [0, 0.1) is 0 Å². The third-order valence-electron chi connectivity index (χ3n) is 11.1. The van der Waals surface area contributed by atoms with E-state index in [1.165, 1.54) is 69.4 Å². The molecular weight excluding hydrogens is 753 g/mol. The number of hydrogen-bond acceptors (Lipinski definition) is 4. The van der Waals surface area contributed by atoms with E-state index >= 15 is 0 Å². The zero-order valence-corrected chi connectivity index (χ0v) is 33.6. The highest BCUT2D eigenvalue weighted by Gasteiger charge is 2.20. The van der Waals surface area contributed by atoms with E-state index < -0.39 is 0 Å². The summed E-state index contributed by atoms with van der Waals surface area (Å²) >= 11 is 3.66. The lowest BCUT2D eigenvalue weighted by atomic mass is 9.99. The Balaban J connectivity index is 1.00. The molecule has 0 N–H and O–H groups in total. The molecule has 4 heteroatoms. The maximum atomic E-state index is 5.22. The highest BCUT2D eigenvalue weighted by atomic mass is 32.1. The highest BCUT2D eigenvalue weighted by molar-refractivity contribution is 7.27. The van der Waals surface area contributed by atoms with Crippen molar-refractivity contribution in [2.24, 2.45) is 0 Å². The Labute approximate surface area is 351 Å². The zero-order chi connectivity index (χ0) is 39.1. The summed E-state index contributed by atoms with van der Waals surface area (Å²) in [5, 5.41) is 3.58. The highest BCUT2D eigenvalue weighted by Crippen LogP contribution is 2.48. The van der Waals surface area contributed by atoms with Gasteiger partial charge in [0.25, 0.3) is 0 Å². The molecule has 0 unspecified atom stereocenters. The minimum absolute atomic E-state index is 1.04. The molecule has 59 heavy (non-hydrogen) atoms. The number of rotatable bonds is 8. The molecule has 0 atom stereocenters. The molecule has 0 aliphatic carbocycles. The van der Waals surface area contributed by atoms with Crippen LogP contribution in [0.25, 0.3) is 85.5 Å². The number of benzene rings is 9.